The van der Waals surface area contributed by atoms with Crippen molar-refractivity contribution in [2.45, 2.75) is 38.7 Å². The Morgan fingerprint density at radius 1 is 1.33 bits per heavy atom. The van der Waals surface area contributed by atoms with Crippen LogP contribution in [0.25, 0.3) is 0 Å². The smallest absolute Gasteiger partial charge is 0.0557 e. The monoisotopic (exact) mass is 195 g/mol. The molecule has 0 saturated heterocycles. The van der Waals surface area contributed by atoms with E-state index in [1.807, 2.05) is 0 Å². The number of aromatic nitrogens is 1. The van der Waals surface area contributed by atoms with Crippen LogP contribution in [0.1, 0.15) is 32.6 Å². The summed E-state index contributed by atoms with van der Waals surface area (Å²) in [4.78, 5) is 4.26. The Hall–Kier alpha value is -0.156. The van der Waals surface area contributed by atoms with Gasteiger partial charge in [0.2, 0.25) is 0 Å². The SMILES string of the molecule is CCCCCC[si]1cnc[siH]c1. The van der Waals surface area contributed by atoms with E-state index in [2.05, 4.69) is 28.8 Å². The van der Waals surface area contributed by atoms with Crippen LogP contribution in [-0.2, 0) is 6.04 Å². The van der Waals surface area contributed by atoms with Crippen LogP contribution >= 0.6 is 0 Å². The first kappa shape index (κ1) is 9.93. The van der Waals surface area contributed by atoms with Crippen LogP contribution in [0.15, 0.2) is 16.9 Å². The average molecular weight is 195 g/mol. The molecule has 1 aromatic heterocycles. The third kappa shape index (κ3) is 4.02. The molecule has 0 aliphatic rings. The van der Waals surface area contributed by atoms with Crippen LogP contribution in [0.3, 0.4) is 0 Å². The molecule has 0 spiro atoms. The Morgan fingerprint density at radius 3 is 2.92 bits per heavy atom. The summed E-state index contributed by atoms with van der Waals surface area (Å²) in [5, 5.41) is 2.55. The van der Waals surface area contributed by atoms with Gasteiger partial charge in [0.25, 0.3) is 0 Å². The van der Waals surface area contributed by atoms with Gasteiger partial charge in [0.05, 0.1) is 8.40 Å². The van der Waals surface area contributed by atoms with E-state index >= 15 is 0 Å². The zero-order chi connectivity index (χ0) is 8.65. The van der Waals surface area contributed by atoms with Crippen LogP contribution in [-0.4, -0.2) is 22.5 Å². The Kier molecular flexibility index (Phi) is 5.27. The first-order chi connectivity index (χ1) is 5.93. The lowest BCUT2D eigenvalue weighted by molar-refractivity contribution is 0.687. The van der Waals surface area contributed by atoms with E-state index < -0.39 is 0 Å². The van der Waals surface area contributed by atoms with Crippen molar-refractivity contribution < 1.29 is 0 Å². The summed E-state index contributed by atoms with van der Waals surface area (Å²) in [6.07, 6.45) is 5.60. The molecule has 1 aromatic rings. The summed E-state index contributed by atoms with van der Waals surface area (Å²) in [6, 6.07) is 1.43. The third-order valence-corrected chi connectivity index (χ3v) is 6.28. The zero-order valence-corrected chi connectivity index (χ0v) is 9.95. The fourth-order valence-corrected chi connectivity index (χ4v) is 5.07. The molecule has 0 unspecified atom stereocenters. The second kappa shape index (κ2) is 6.37. The lowest BCUT2D eigenvalue weighted by atomic mass is 10.2. The van der Waals surface area contributed by atoms with Crippen molar-refractivity contribution in [3.05, 3.63) is 16.9 Å². The average Bonchev–Trinajstić information content (AvgIpc) is 2.14. The molecule has 0 aromatic carbocycles. The van der Waals surface area contributed by atoms with Crippen LogP contribution in [0.5, 0.6) is 0 Å². The predicted molar refractivity (Wildman–Crippen MR) is 57.1 cm³/mol. The van der Waals surface area contributed by atoms with E-state index in [4.69, 9.17) is 0 Å². The van der Waals surface area contributed by atoms with Gasteiger partial charge in [-0.05, 0) is 6.04 Å². The quantitative estimate of drug-likeness (QED) is 0.515. The summed E-state index contributed by atoms with van der Waals surface area (Å²) in [7, 11) is 0.216. The van der Waals surface area contributed by atoms with Crippen molar-refractivity contribution in [2.75, 3.05) is 0 Å². The molecule has 0 bridgehead atoms. The van der Waals surface area contributed by atoms with Crippen molar-refractivity contribution in [3.8, 4) is 0 Å². The lowest BCUT2D eigenvalue weighted by Crippen LogP contribution is -2.02. The second-order valence-electron chi connectivity index (χ2n) is 3.17. The summed E-state index contributed by atoms with van der Waals surface area (Å²) in [5.74, 6) is 4.29. The maximum absolute atomic E-state index is 4.26. The van der Waals surface area contributed by atoms with Gasteiger partial charge in [0.1, 0.15) is 0 Å². The maximum Gasteiger partial charge on any atom is 0.0557 e. The molecule has 0 N–H and O–H groups in total. The molecule has 1 nitrogen and oxygen atoms in total. The van der Waals surface area contributed by atoms with Gasteiger partial charge in [0.15, 0.2) is 0 Å². The largest absolute Gasteiger partial charge is 0.275 e. The molecule has 0 aliphatic heterocycles. The van der Waals surface area contributed by atoms with Gasteiger partial charge in [-0.3, -0.25) is 4.98 Å². The van der Waals surface area contributed by atoms with E-state index in [0.29, 0.717) is 9.12 Å². The van der Waals surface area contributed by atoms with Crippen LogP contribution < -0.4 is 0 Å². The molecule has 0 fully saturated rings. The minimum absolute atomic E-state index is 0.239. The first-order valence-corrected chi connectivity index (χ1v) is 8.02. The minimum atomic E-state index is -0.239. The van der Waals surface area contributed by atoms with Gasteiger partial charge < -0.3 is 0 Å². The van der Waals surface area contributed by atoms with E-state index in [9.17, 15) is 0 Å². The predicted octanol–water partition coefficient (Wildman–Crippen LogP) is 1.76. The molecule has 0 amide bonds. The molecule has 1 rings (SSSR count). The van der Waals surface area contributed by atoms with Gasteiger partial charge in [0, 0.05) is 20.7 Å². The molecule has 0 aliphatic carbocycles. The summed E-state index contributed by atoms with van der Waals surface area (Å²) < 4.78 is 0. The number of unbranched alkanes of at least 4 members (excludes halogenated alkanes) is 3. The molecule has 3 heteroatoms. The Labute approximate surface area is 78.5 Å². The second-order valence-corrected chi connectivity index (χ2v) is 7.10. The van der Waals surface area contributed by atoms with Crippen molar-refractivity contribution in [3.63, 3.8) is 0 Å². The third-order valence-electron chi connectivity index (χ3n) is 2.04. The summed E-state index contributed by atoms with van der Waals surface area (Å²) in [6.45, 7) is 2.27. The molecule has 0 atom stereocenters. The van der Waals surface area contributed by atoms with Gasteiger partial charge >= 0.3 is 0 Å². The number of rotatable bonds is 5. The van der Waals surface area contributed by atoms with E-state index in [1.54, 1.807) is 0 Å². The highest BCUT2D eigenvalue weighted by Crippen LogP contribution is 1.99. The zero-order valence-electron chi connectivity index (χ0n) is 7.79. The van der Waals surface area contributed by atoms with E-state index in [-0.39, 0.29) is 8.40 Å². The normalized spacial score (nSPS) is 10.1. The molecular weight excluding hydrogens is 178 g/mol. The van der Waals surface area contributed by atoms with Gasteiger partial charge in [-0.2, -0.15) is 0 Å². The topological polar surface area (TPSA) is 12.9 Å². The van der Waals surface area contributed by atoms with Crippen molar-refractivity contribution in [2.24, 2.45) is 0 Å². The fourth-order valence-electron chi connectivity index (χ4n) is 1.30. The van der Waals surface area contributed by atoms with E-state index in [0.717, 1.165) is 0 Å². The Morgan fingerprint density at radius 2 is 2.25 bits per heavy atom. The first-order valence-electron chi connectivity index (χ1n) is 4.82. The van der Waals surface area contributed by atoms with Gasteiger partial charge in [-0.25, -0.2) is 0 Å². The van der Waals surface area contributed by atoms with Crippen LogP contribution in [0, 0.1) is 0 Å². The maximum atomic E-state index is 4.26. The number of nitrogens with zero attached hydrogens (tertiary/aromatic N) is 1. The number of hydrogen-bond donors (Lipinski definition) is 0. The lowest BCUT2D eigenvalue weighted by Gasteiger charge is -1.98. The highest BCUT2D eigenvalue weighted by Gasteiger charge is 1.92. The van der Waals surface area contributed by atoms with Crippen molar-refractivity contribution in [1.82, 2.24) is 4.98 Å². The highest BCUT2D eigenvalue weighted by molar-refractivity contribution is 6.57. The summed E-state index contributed by atoms with van der Waals surface area (Å²) >= 11 is 0. The van der Waals surface area contributed by atoms with Gasteiger partial charge in [-0.1, -0.05) is 37.9 Å². The molecule has 0 saturated carbocycles. The molecule has 66 valence electrons. The molecule has 12 heavy (non-hydrogen) atoms. The van der Waals surface area contributed by atoms with Crippen molar-refractivity contribution >= 4 is 17.5 Å². The molecular formula is C9H17NSi2. The molecule has 1 heterocycles. The van der Waals surface area contributed by atoms with Gasteiger partial charge in [-0.15, -0.1) is 0 Å². The fraction of sp³-hybridized carbons (Fsp3) is 0.667. The molecule has 0 radical (unpaired) electrons. The number of hydrogen-bond acceptors (Lipinski definition) is 1. The minimum Gasteiger partial charge on any atom is -0.275 e. The number of aryl methyl sites for hydroxylation is 1. The highest BCUT2D eigenvalue weighted by atomic mass is 28.3. The Bertz CT molecular complexity index is 201. The van der Waals surface area contributed by atoms with Crippen LogP contribution in [0.4, 0.5) is 0 Å². The van der Waals surface area contributed by atoms with Crippen molar-refractivity contribution in [1.29, 1.82) is 0 Å². The Balaban J connectivity index is 2.16. The summed E-state index contributed by atoms with van der Waals surface area (Å²) in [5.41, 5.74) is 0. The van der Waals surface area contributed by atoms with E-state index in [1.165, 1.54) is 31.7 Å². The standard InChI is InChI=1S/C9H17NSi2/c1-2-3-4-5-6-12-8-10-7-11-9-12/h7-9,11H,2-6H2,1H3. The van der Waals surface area contributed by atoms with Crippen LogP contribution in [0.2, 0.25) is 0 Å².